The minimum Gasteiger partial charge on any atom is -0.339 e. The fourth-order valence-electron chi connectivity index (χ4n) is 3.03. The minimum absolute atomic E-state index is 0.293. The van der Waals surface area contributed by atoms with Gasteiger partial charge in [0.1, 0.15) is 0 Å². The van der Waals surface area contributed by atoms with E-state index in [1.807, 2.05) is 4.90 Å². The minimum atomic E-state index is 0.293. The third-order valence-electron chi connectivity index (χ3n) is 4.48. The fraction of sp³-hybridized carbons (Fsp3) is 0.929. The molecule has 0 atom stereocenters. The molecule has 0 aromatic rings. The summed E-state index contributed by atoms with van der Waals surface area (Å²) in [7, 11) is 2.10. The van der Waals surface area contributed by atoms with Gasteiger partial charge in [-0.15, -0.1) is 0 Å². The number of amides is 1. The molecule has 2 aliphatic rings. The molecule has 5 nitrogen and oxygen atoms in total. The number of likely N-dealkylation sites (tertiary alicyclic amines) is 1. The zero-order valence-electron chi connectivity index (χ0n) is 12.4. The maximum Gasteiger partial charge on any atom is 0.236 e. The molecule has 5 heteroatoms. The van der Waals surface area contributed by atoms with E-state index in [0.717, 1.165) is 32.7 Å². The van der Waals surface area contributed by atoms with Gasteiger partial charge in [0.05, 0.1) is 6.54 Å². The number of carbonyl (C=O) groups excluding carboxylic acids is 1. The van der Waals surface area contributed by atoms with E-state index in [1.165, 1.54) is 25.9 Å². The monoisotopic (exact) mass is 268 g/mol. The molecule has 0 aromatic carbocycles. The van der Waals surface area contributed by atoms with Gasteiger partial charge in [0.25, 0.3) is 0 Å². The molecule has 2 fully saturated rings. The Hall–Kier alpha value is -0.650. The molecule has 0 saturated carbocycles. The van der Waals surface area contributed by atoms with E-state index in [2.05, 4.69) is 29.1 Å². The number of hydrogen-bond acceptors (Lipinski definition) is 4. The van der Waals surface area contributed by atoms with Gasteiger partial charge in [0.2, 0.25) is 5.91 Å². The van der Waals surface area contributed by atoms with Crippen molar-refractivity contribution in [2.45, 2.75) is 25.8 Å². The van der Waals surface area contributed by atoms with Crippen molar-refractivity contribution < 1.29 is 4.79 Å². The highest BCUT2D eigenvalue weighted by Crippen LogP contribution is 2.15. The number of likely N-dealkylation sites (N-methyl/N-ethyl adjacent to an activating group) is 1. The van der Waals surface area contributed by atoms with Crippen molar-refractivity contribution in [1.82, 2.24) is 20.0 Å². The summed E-state index contributed by atoms with van der Waals surface area (Å²) in [5, 5.41) is 3.28. The van der Waals surface area contributed by atoms with Gasteiger partial charge in [0.15, 0.2) is 0 Å². The molecule has 19 heavy (non-hydrogen) atoms. The Morgan fingerprint density at radius 2 is 1.84 bits per heavy atom. The molecular weight excluding hydrogens is 240 g/mol. The highest BCUT2D eigenvalue weighted by atomic mass is 16.2. The van der Waals surface area contributed by atoms with Crippen molar-refractivity contribution >= 4 is 5.91 Å². The average molecular weight is 268 g/mol. The lowest BCUT2D eigenvalue weighted by molar-refractivity contribution is -0.133. The Morgan fingerprint density at radius 3 is 2.42 bits per heavy atom. The first-order valence-electron chi connectivity index (χ1n) is 7.61. The van der Waals surface area contributed by atoms with Crippen LogP contribution >= 0.6 is 0 Å². The highest BCUT2D eigenvalue weighted by Gasteiger charge is 2.24. The van der Waals surface area contributed by atoms with Gasteiger partial charge in [-0.25, -0.2) is 0 Å². The molecule has 2 heterocycles. The first-order valence-corrected chi connectivity index (χ1v) is 7.61. The Labute approximate surface area is 116 Å². The number of rotatable bonds is 4. The molecule has 0 unspecified atom stereocenters. The summed E-state index contributed by atoms with van der Waals surface area (Å²) in [5.41, 5.74) is 0. The Balaban J connectivity index is 1.74. The Bertz CT molecular complexity index is 283. The summed E-state index contributed by atoms with van der Waals surface area (Å²) in [5.74, 6) is 0.293. The van der Waals surface area contributed by atoms with Gasteiger partial charge in [-0.05, 0) is 39.5 Å². The van der Waals surface area contributed by atoms with Crippen molar-refractivity contribution in [2.24, 2.45) is 0 Å². The molecule has 2 rings (SSSR count). The predicted octanol–water partition coefficient (Wildman–Crippen LogP) is -0.166. The number of nitrogens with one attached hydrogen (secondary N) is 1. The van der Waals surface area contributed by atoms with Crippen LogP contribution < -0.4 is 5.32 Å². The van der Waals surface area contributed by atoms with Gasteiger partial charge in [-0.2, -0.15) is 0 Å². The van der Waals surface area contributed by atoms with E-state index in [9.17, 15) is 4.79 Å². The SMILES string of the molecule is CCN1CCC(N(C)CC(=O)N2CCNCC2)CC1. The van der Waals surface area contributed by atoms with Crippen LogP contribution in [0.3, 0.4) is 0 Å². The molecule has 110 valence electrons. The normalized spacial score (nSPS) is 23.0. The van der Waals surface area contributed by atoms with E-state index in [4.69, 9.17) is 0 Å². The van der Waals surface area contributed by atoms with E-state index >= 15 is 0 Å². The lowest BCUT2D eigenvalue weighted by Crippen LogP contribution is -2.51. The van der Waals surface area contributed by atoms with E-state index < -0.39 is 0 Å². The predicted molar refractivity (Wildman–Crippen MR) is 77.2 cm³/mol. The topological polar surface area (TPSA) is 38.8 Å². The molecule has 0 radical (unpaired) electrons. The number of piperidine rings is 1. The summed E-state index contributed by atoms with van der Waals surface area (Å²) in [6.07, 6.45) is 2.39. The second-order valence-electron chi connectivity index (χ2n) is 5.71. The van der Waals surface area contributed by atoms with E-state index in [1.54, 1.807) is 0 Å². The Morgan fingerprint density at radius 1 is 1.21 bits per heavy atom. The van der Waals surface area contributed by atoms with Gasteiger partial charge >= 0.3 is 0 Å². The summed E-state index contributed by atoms with van der Waals surface area (Å²) >= 11 is 0. The smallest absolute Gasteiger partial charge is 0.236 e. The molecule has 0 bridgehead atoms. The van der Waals surface area contributed by atoms with Gasteiger partial charge in [0, 0.05) is 32.2 Å². The van der Waals surface area contributed by atoms with E-state index in [0.29, 0.717) is 18.5 Å². The number of carbonyl (C=O) groups is 1. The van der Waals surface area contributed by atoms with Crippen LogP contribution in [0.2, 0.25) is 0 Å². The van der Waals surface area contributed by atoms with Crippen molar-refractivity contribution in [2.75, 3.05) is 59.4 Å². The van der Waals surface area contributed by atoms with Crippen molar-refractivity contribution in [1.29, 1.82) is 0 Å². The summed E-state index contributed by atoms with van der Waals surface area (Å²) in [6, 6.07) is 0.578. The third-order valence-corrected chi connectivity index (χ3v) is 4.48. The molecular formula is C14H28N4O. The maximum atomic E-state index is 12.2. The lowest BCUT2D eigenvalue weighted by atomic mass is 10.0. The summed E-state index contributed by atoms with van der Waals surface area (Å²) in [4.78, 5) is 19.0. The van der Waals surface area contributed by atoms with Crippen LogP contribution in [-0.2, 0) is 4.79 Å². The van der Waals surface area contributed by atoms with Crippen LogP contribution in [0.25, 0.3) is 0 Å². The average Bonchev–Trinajstić information content (AvgIpc) is 2.48. The van der Waals surface area contributed by atoms with E-state index in [-0.39, 0.29) is 0 Å². The molecule has 2 aliphatic heterocycles. The standard InChI is InChI=1S/C14H28N4O/c1-3-17-8-4-13(5-9-17)16(2)12-14(19)18-10-6-15-7-11-18/h13,15H,3-12H2,1-2H3. The van der Waals surface area contributed by atoms with Crippen LogP contribution in [0, 0.1) is 0 Å². The molecule has 2 saturated heterocycles. The molecule has 0 aromatic heterocycles. The second kappa shape index (κ2) is 7.22. The lowest BCUT2D eigenvalue weighted by Gasteiger charge is -2.37. The highest BCUT2D eigenvalue weighted by molar-refractivity contribution is 5.78. The second-order valence-corrected chi connectivity index (χ2v) is 5.71. The number of piperazine rings is 1. The zero-order chi connectivity index (χ0) is 13.7. The maximum absolute atomic E-state index is 12.2. The summed E-state index contributed by atoms with van der Waals surface area (Å²) < 4.78 is 0. The van der Waals surface area contributed by atoms with Crippen molar-refractivity contribution in [3.05, 3.63) is 0 Å². The first kappa shape index (κ1) is 14.8. The Kier molecular flexibility index (Phi) is 5.60. The molecule has 1 amide bonds. The largest absolute Gasteiger partial charge is 0.339 e. The van der Waals surface area contributed by atoms with Crippen LogP contribution in [0.5, 0.6) is 0 Å². The summed E-state index contributed by atoms with van der Waals surface area (Å²) in [6.45, 7) is 9.89. The fourth-order valence-corrected chi connectivity index (χ4v) is 3.03. The van der Waals surface area contributed by atoms with Crippen molar-refractivity contribution in [3.8, 4) is 0 Å². The van der Waals surface area contributed by atoms with Gasteiger partial charge in [-0.1, -0.05) is 6.92 Å². The number of hydrogen-bond donors (Lipinski definition) is 1. The number of nitrogens with zero attached hydrogens (tertiary/aromatic N) is 3. The third kappa shape index (κ3) is 4.16. The van der Waals surface area contributed by atoms with Crippen LogP contribution in [0.15, 0.2) is 0 Å². The van der Waals surface area contributed by atoms with Crippen LogP contribution in [0.4, 0.5) is 0 Å². The first-order chi connectivity index (χ1) is 9.20. The zero-order valence-corrected chi connectivity index (χ0v) is 12.4. The quantitative estimate of drug-likeness (QED) is 0.769. The van der Waals surface area contributed by atoms with Gasteiger partial charge < -0.3 is 15.1 Å². The van der Waals surface area contributed by atoms with Crippen LogP contribution in [-0.4, -0.2) is 86.1 Å². The van der Waals surface area contributed by atoms with Gasteiger partial charge in [-0.3, -0.25) is 9.69 Å². The van der Waals surface area contributed by atoms with Crippen molar-refractivity contribution in [3.63, 3.8) is 0 Å². The molecule has 0 spiro atoms. The van der Waals surface area contributed by atoms with Crippen LogP contribution in [0.1, 0.15) is 19.8 Å². The molecule has 1 N–H and O–H groups in total. The molecule has 0 aliphatic carbocycles.